The van der Waals surface area contributed by atoms with Gasteiger partial charge in [0.1, 0.15) is 17.1 Å². The van der Waals surface area contributed by atoms with Gasteiger partial charge < -0.3 is 18.9 Å². The van der Waals surface area contributed by atoms with Crippen molar-refractivity contribution in [3.63, 3.8) is 0 Å². The molecular weight excluding hydrogens is 526 g/mol. The maximum atomic E-state index is 13.4. The number of esters is 1. The third kappa shape index (κ3) is 6.40. The summed E-state index contributed by atoms with van der Waals surface area (Å²) in [6.45, 7) is 14.3. The van der Waals surface area contributed by atoms with Gasteiger partial charge in [0.15, 0.2) is 11.5 Å². The van der Waals surface area contributed by atoms with Crippen LogP contribution in [0.3, 0.4) is 0 Å². The molecular formula is C26H39N3O7SSi. The highest BCUT2D eigenvalue weighted by Crippen LogP contribution is 2.67. The maximum Gasteiger partial charge on any atom is 0.418 e. The van der Waals surface area contributed by atoms with Gasteiger partial charge >= 0.3 is 12.1 Å². The van der Waals surface area contributed by atoms with Crippen LogP contribution in [0.4, 0.5) is 4.79 Å². The van der Waals surface area contributed by atoms with Crippen molar-refractivity contribution >= 4 is 43.4 Å². The Bertz CT molecular complexity index is 1120. The van der Waals surface area contributed by atoms with Crippen LogP contribution < -0.4 is 4.74 Å². The fourth-order valence-electron chi connectivity index (χ4n) is 4.37. The number of hydrogen-bond acceptors (Lipinski definition) is 10. The minimum Gasteiger partial charge on any atom is -0.481 e. The van der Waals surface area contributed by atoms with Crippen LogP contribution in [-0.4, -0.2) is 79.4 Å². The van der Waals surface area contributed by atoms with Gasteiger partial charge in [0.05, 0.1) is 19.8 Å². The molecule has 0 spiro atoms. The fourth-order valence-corrected chi connectivity index (χ4v) is 6.71. The standard InChI is InChI=1S/C26H39N3O7SSi/c1-24(2,3)36-23(32)29(16-35-10-11-38(7,8)9)22-28-25(4,19-13-26(19,37-22)21(31)34-6)18-12-17(15-30)14-27-20(18)33-5/h12,14-15,19H,10-11,13,16H2,1-9H3/t19-,25+,26-/m0/s1. The van der Waals surface area contributed by atoms with Crippen LogP contribution in [0.25, 0.3) is 0 Å². The van der Waals surface area contributed by atoms with Gasteiger partial charge in [-0.2, -0.15) is 0 Å². The molecule has 2 aliphatic rings. The van der Waals surface area contributed by atoms with Crippen LogP contribution in [0.2, 0.25) is 25.7 Å². The van der Waals surface area contributed by atoms with Gasteiger partial charge in [0.25, 0.3) is 0 Å². The second-order valence-corrected chi connectivity index (χ2v) is 18.9. The largest absolute Gasteiger partial charge is 0.481 e. The van der Waals surface area contributed by atoms with E-state index in [1.54, 1.807) is 26.8 Å². The van der Waals surface area contributed by atoms with Crippen molar-refractivity contribution in [3.8, 4) is 5.88 Å². The van der Waals surface area contributed by atoms with Gasteiger partial charge in [-0.05, 0) is 46.2 Å². The van der Waals surface area contributed by atoms with Gasteiger partial charge in [-0.15, -0.1) is 0 Å². The van der Waals surface area contributed by atoms with Crippen molar-refractivity contribution in [1.82, 2.24) is 9.88 Å². The Kier molecular flexibility index (Phi) is 8.69. The number of carbonyl (C=O) groups is 3. The lowest BCUT2D eigenvalue weighted by Gasteiger charge is -2.37. The summed E-state index contributed by atoms with van der Waals surface area (Å²) >= 11 is 1.19. The van der Waals surface area contributed by atoms with Crippen LogP contribution in [0.5, 0.6) is 5.88 Å². The summed E-state index contributed by atoms with van der Waals surface area (Å²) in [4.78, 5) is 48.8. The molecule has 12 heteroatoms. The smallest absolute Gasteiger partial charge is 0.418 e. The SMILES string of the molecule is COC(=O)[C@]12C[C@H]1[C@@](C)(c1cc(C=O)cnc1OC)N=C(N(COCC[Si](C)(C)C)C(=O)OC(C)(C)C)S2. The number of aliphatic imine (C=N–C) groups is 1. The molecule has 2 heterocycles. The highest BCUT2D eigenvalue weighted by molar-refractivity contribution is 8.15. The van der Waals surface area contributed by atoms with Crippen molar-refractivity contribution in [2.24, 2.45) is 10.9 Å². The van der Waals surface area contributed by atoms with E-state index in [9.17, 15) is 14.4 Å². The molecule has 1 saturated carbocycles. The van der Waals surface area contributed by atoms with E-state index in [0.29, 0.717) is 30.4 Å². The van der Waals surface area contributed by atoms with E-state index in [-0.39, 0.29) is 23.7 Å². The number of hydrogen-bond donors (Lipinski definition) is 0. The average molecular weight is 566 g/mol. The number of amides is 1. The number of carbonyl (C=O) groups excluding carboxylic acids is 3. The number of nitrogens with zero attached hydrogens (tertiary/aromatic N) is 3. The van der Waals surface area contributed by atoms with Crippen LogP contribution in [0.15, 0.2) is 17.3 Å². The Labute approximate surface area is 229 Å². The van der Waals surface area contributed by atoms with Gasteiger partial charge in [0, 0.05) is 37.9 Å². The van der Waals surface area contributed by atoms with E-state index in [1.165, 1.54) is 37.1 Å². The summed E-state index contributed by atoms with van der Waals surface area (Å²) in [5.74, 6) is -0.399. The quantitative estimate of drug-likeness (QED) is 0.138. The maximum absolute atomic E-state index is 13.4. The van der Waals surface area contributed by atoms with Crippen molar-refractivity contribution in [1.29, 1.82) is 0 Å². The number of pyridine rings is 1. The zero-order valence-corrected chi connectivity index (χ0v) is 25.6. The lowest BCUT2D eigenvalue weighted by molar-refractivity contribution is -0.141. The Morgan fingerprint density at radius 2 is 1.95 bits per heavy atom. The molecule has 1 aromatic heterocycles. The topological polar surface area (TPSA) is 117 Å². The van der Waals surface area contributed by atoms with E-state index in [2.05, 4.69) is 24.6 Å². The molecule has 3 rings (SSSR count). The molecule has 0 bridgehead atoms. The molecule has 0 radical (unpaired) electrons. The minimum atomic E-state index is -1.36. The Hall–Kier alpha value is -2.44. The second kappa shape index (κ2) is 11.0. The number of aldehydes is 1. The first-order valence-corrected chi connectivity index (χ1v) is 17.1. The number of ether oxygens (including phenoxy) is 4. The van der Waals surface area contributed by atoms with Crippen molar-refractivity contribution in [2.45, 2.75) is 75.7 Å². The second-order valence-electron chi connectivity index (χ2n) is 12.0. The highest BCUT2D eigenvalue weighted by Gasteiger charge is 2.72. The molecule has 10 nitrogen and oxygen atoms in total. The zero-order valence-electron chi connectivity index (χ0n) is 23.7. The third-order valence-electron chi connectivity index (χ3n) is 6.53. The van der Waals surface area contributed by atoms with E-state index in [4.69, 9.17) is 23.9 Å². The average Bonchev–Trinajstić information content (AvgIpc) is 3.58. The molecule has 1 aliphatic carbocycles. The summed E-state index contributed by atoms with van der Waals surface area (Å²) in [6.07, 6.45) is 1.94. The van der Waals surface area contributed by atoms with Gasteiger partial charge in [-0.3, -0.25) is 14.6 Å². The normalized spacial score (nSPS) is 24.6. The lowest BCUT2D eigenvalue weighted by atomic mass is 9.86. The summed E-state index contributed by atoms with van der Waals surface area (Å²) in [5.41, 5.74) is -0.920. The molecule has 0 saturated heterocycles. The first kappa shape index (κ1) is 30.1. The molecule has 3 atom stereocenters. The first-order chi connectivity index (χ1) is 17.6. The molecule has 1 aromatic rings. The van der Waals surface area contributed by atoms with Gasteiger partial charge in [-0.25, -0.2) is 14.7 Å². The van der Waals surface area contributed by atoms with Crippen LogP contribution >= 0.6 is 11.8 Å². The monoisotopic (exact) mass is 565 g/mol. The van der Waals surface area contributed by atoms with Crippen molar-refractivity contribution < 1.29 is 33.3 Å². The van der Waals surface area contributed by atoms with Crippen molar-refractivity contribution in [2.75, 3.05) is 27.6 Å². The first-order valence-electron chi connectivity index (χ1n) is 12.6. The Morgan fingerprint density at radius 3 is 2.50 bits per heavy atom. The highest BCUT2D eigenvalue weighted by atomic mass is 32.2. The summed E-state index contributed by atoms with van der Waals surface area (Å²) < 4.78 is 21.4. The van der Waals surface area contributed by atoms with E-state index in [0.717, 1.165) is 6.04 Å². The Morgan fingerprint density at radius 1 is 1.26 bits per heavy atom. The molecule has 1 fully saturated rings. The van der Waals surface area contributed by atoms with Crippen molar-refractivity contribution in [3.05, 3.63) is 23.4 Å². The zero-order chi connectivity index (χ0) is 28.5. The number of methoxy groups -OCH3 is 2. The molecule has 210 valence electrons. The number of amidine groups is 1. The van der Waals surface area contributed by atoms with Gasteiger partial charge in [0.2, 0.25) is 5.88 Å². The number of rotatable bonds is 9. The molecule has 0 unspecified atom stereocenters. The van der Waals surface area contributed by atoms with Crippen LogP contribution in [-0.2, 0) is 24.5 Å². The summed E-state index contributed by atoms with van der Waals surface area (Å²) in [6, 6.07) is 2.58. The third-order valence-corrected chi connectivity index (χ3v) is 9.71. The fraction of sp³-hybridized carbons (Fsp3) is 0.654. The number of aromatic nitrogens is 1. The molecule has 1 amide bonds. The van der Waals surface area contributed by atoms with E-state index in [1.807, 2.05) is 6.92 Å². The minimum absolute atomic E-state index is 0.0903. The predicted octanol–water partition coefficient (Wildman–Crippen LogP) is 4.70. The lowest BCUT2D eigenvalue weighted by Crippen LogP contribution is -2.47. The van der Waals surface area contributed by atoms with Gasteiger partial charge in [-0.1, -0.05) is 31.4 Å². The predicted molar refractivity (Wildman–Crippen MR) is 148 cm³/mol. The van der Waals surface area contributed by atoms with Crippen LogP contribution in [0, 0.1) is 5.92 Å². The van der Waals surface area contributed by atoms with E-state index >= 15 is 0 Å². The Balaban J connectivity index is 2.10. The summed E-state index contributed by atoms with van der Waals surface area (Å²) in [5, 5.41) is 0.271. The van der Waals surface area contributed by atoms with E-state index < -0.39 is 36.0 Å². The molecule has 0 N–H and O–H groups in total. The summed E-state index contributed by atoms with van der Waals surface area (Å²) in [7, 11) is 1.46. The molecule has 38 heavy (non-hydrogen) atoms. The van der Waals surface area contributed by atoms with Crippen LogP contribution in [0.1, 0.15) is 50.0 Å². The number of fused-ring (bicyclic) bond motifs is 1. The molecule has 0 aromatic carbocycles. The number of thioether (sulfide) groups is 1. The molecule has 1 aliphatic heterocycles.